The average molecular weight is 233 g/mol. The Bertz CT molecular complexity index is 418. The minimum atomic E-state index is -0.361. The van der Waals surface area contributed by atoms with Crippen molar-refractivity contribution in [3.63, 3.8) is 0 Å². The van der Waals surface area contributed by atoms with Crippen LogP contribution < -0.4 is 0 Å². The maximum atomic E-state index is 11.9. The van der Waals surface area contributed by atoms with Crippen LogP contribution in [0.4, 0.5) is 0 Å². The number of ketones is 1. The number of allylic oxidation sites excluding steroid dienone is 4. The molecule has 4 heteroatoms. The number of ether oxygens (including phenoxy) is 1. The number of hydrogen-bond donors (Lipinski definition) is 0. The molecule has 2 saturated heterocycles. The number of carbonyl (C=O) groups is 2. The van der Waals surface area contributed by atoms with Crippen molar-refractivity contribution in [1.82, 2.24) is 4.90 Å². The molecule has 2 fully saturated rings. The van der Waals surface area contributed by atoms with Gasteiger partial charge in [0.2, 0.25) is 5.78 Å². The second-order valence-electron chi connectivity index (χ2n) is 4.72. The molecule has 0 spiro atoms. The van der Waals surface area contributed by atoms with Gasteiger partial charge in [-0.15, -0.1) is 0 Å². The van der Waals surface area contributed by atoms with Crippen molar-refractivity contribution < 1.29 is 14.3 Å². The molecule has 0 aromatic carbocycles. The normalized spacial score (nSPS) is 32.0. The van der Waals surface area contributed by atoms with E-state index >= 15 is 0 Å². The van der Waals surface area contributed by atoms with Crippen molar-refractivity contribution in [2.75, 3.05) is 13.2 Å². The van der Waals surface area contributed by atoms with Crippen molar-refractivity contribution in [3.05, 3.63) is 23.9 Å². The first-order chi connectivity index (χ1) is 8.27. The lowest BCUT2D eigenvalue weighted by Gasteiger charge is -2.23. The molecule has 1 amide bonds. The average Bonchev–Trinajstić information content (AvgIpc) is 2.94. The van der Waals surface area contributed by atoms with Gasteiger partial charge < -0.3 is 9.64 Å². The Morgan fingerprint density at radius 2 is 2.29 bits per heavy atom. The van der Waals surface area contributed by atoms with Crippen LogP contribution in [-0.4, -0.2) is 35.8 Å². The predicted octanol–water partition coefficient (Wildman–Crippen LogP) is 1.04. The quantitative estimate of drug-likeness (QED) is 0.669. The Labute approximate surface area is 99.9 Å². The zero-order chi connectivity index (χ0) is 11.8. The fourth-order valence-corrected chi connectivity index (χ4v) is 2.72. The van der Waals surface area contributed by atoms with Gasteiger partial charge in [-0.05, 0) is 25.3 Å². The molecule has 0 radical (unpaired) electrons. The Morgan fingerprint density at radius 1 is 1.41 bits per heavy atom. The zero-order valence-corrected chi connectivity index (χ0v) is 9.59. The Balaban J connectivity index is 1.82. The van der Waals surface area contributed by atoms with E-state index in [0.717, 1.165) is 25.1 Å². The standard InChI is InChI=1S/C13H15NO3/c15-12-10-5-1-2-6-11(10)14(13(12)16)8-9-4-3-7-17-9/h1-2,6,9-10H,3-5,7-8H2/t9?,10-/m1/s1. The minimum Gasteiger partial charge on any atom is -0.376 e. The third kappa shape index (κ3) is 1.72. The zero-order valence-electron chi connectivity index (χ0n) is 9.59. The highest BCUT2D eigenvalue weighted by Crippen LogP contribution is 2.32. The van der Waals surface area contributed by atoms with Crippen LogP contribution in [0.5, 0.6) is 0 Å². The van der Waals surface area contributed by atoms with Crippen molar-refractivity contribution in [3.8, 4) is 0 Å². The summed E-state index contributed by atoms with van der Waals surface area (Å²) in [7, 11) is 0. The first-order valence-electron chi connectivity index (χ1n) is 6.11. The molecule has 17 heavy (non-hydrogen) atoms. The Hall–Kier alpha value is -1.42. The third-order valence-electron chi connectivity index (χ3n) is 3.63. The summed E-state index contributed by atoms with van der Waals surface area (Å²) in [5, 5.41) is 0. The highest BCUT2D eigenvalue weighted by Gasteiger charge is 2.43. The number of amides is 1. The lowest BCUT2D eigenvalue weighted by molar-refractivity contribution is -0.141. The SMILES string of the molecule is O=C1C(=O)N(CC2CCCO2)C2=CC=CC[C@@H]12. The highest BCUT2D eigenvalue weighted by molar-refractivity contribution is 6.40. The summed E-state index contributed by atoms with van der Waals surface area (Å²) in [4.78, 5) is 25.3. The van der Waals surface area contributed by atoms with Gasteiger partial charge in [0.15, 0.2) is 0 Å². The van der Waals surface area contributed by atoms with Gasteiger partial charge in [-0.1, -0.05) is 12.2 Å². The molecule has 2 aliphatic heterocycles. The van der Waals surface area contributed by atoms with Gasteiger partial charge in [0.1, 0.15) is 0 Å². The number of nitrogens with zero attached hydrogens (tertiary/aromatic N) is 1. The van der Waals surface area contributed by atoms with Crippen LogP contribution in [-0.2, 0) is 14.3 Å². The van der Waals surface area contributed by atoms with E-state index in [4.69, 9.17) is 4.74 Å². The van der Waals surface area contributed by atoms with Gasteiger partial charge in [-0.2, -0.15) is 0 Å². The summed E-state index contributed by atoms with van der Waals surface area (Å²) in [6.07, 6.45) is 8.51. The monoisotopic (exact) mass is 233 g/mol. The van der Waals surface area contributed by atoms with E-state index in [1.165, 1.54) is 0 Å². The van der Waals surface area contributed by atoms with Gasteiger partial charge in [0.05, 0.1) is 18.6 Å². The van der Waals surface area contributed by atoms with E-state index in [9.17, 15) is 9.59 Å². The molecule has 0 aromatic rings. The second-order valence-corrected chi connectivity index (χ2v) is 4.72. The fraction of sp³-hybridized carbons (Fsp3) is 0.538. The minimum absolute atomic E-state index is 0.0947. The summed E-state index contributed by atoms with van der Waals surface area (Å²) < 4.78 is 5.53. The van der Waals surface area contributed by atoms with Crippen LogP contribution >= 0.6 is 0 Å². The number of hydrogen-bond acceptors (Lipinski definition) is 3. The van der Waals surface area contributed by atoms with Crippen molar-refractivity contribution in [2.45, 2.75) is 25.4 Å². The lowest BCUT2D eigenvalue weighted by Crippen LogP contribution is -2.33. The maximum Gasteiger partial charge on any atom is 0.294 e. The molecule has 90 valence electrons. The van der Waals surface area contributed by atoms with Gasteiger partial charge in [-0.25, -0.2) is 0 Å². The number of fused-ring (bicyclic) bond motifs is 1. The first kappa shape index (κ1) is 10.7. The number of likely N-dealkylation sites (tertiary alicyclic amines) is 1. The van der Waals surface area contributed by atoms with E-state index in [1.54, 1.807) is 4.90 Å². The van der Waals surface area contributed by atoms with E-state index in [-0.39, 0.29) is 23.7 Å². The number of Topliss-reactive ketones (excluding diaryl/α,β-unsaturated/α-hetero) is 1. The topological polar surface area (TPSA) is 46.6 Å². The molecule has 2 atom stereocenters. The summed E-state index contributed by atoms with van der Waals surface area (Å²) >= 11 is 0. The molecule has 4 nitrogen and oxygen atoms in total. The van der Waals surface area contributed by atoms with E-state index in [1.807, 2.05) is 18.2 Å². The molecule has 3 aliphatic rings. The number of carbonyl (C=O) groups excluding carboxylic acids is 2. The molecule has 0 aromatic heterocycles. The summed E-state index contributed by atoms with van der Waals surface area (Å²) in [5.74, 6) is -0.868. The molecule has 3 rings (SSSR count). The predicted molar refractivity (Wildman–Crippen MR) is 61.0 cm³/mol. The van der Waals surface area contributed by atoms with Crippen LogP contribution in [0, 0.1) is 5.92 Å². The Kier molecular flexibility index (Phi) is 2.59. The lowest BCUT2D eigenvalue weighted by atomic mass is 9.96. The van der Waals surface area contributed by atoms with Gasteiger partial charge in [0.25, 0.3) is 5.91 Å². The fourth-order valence-electron chi connectivity index (χ4n) is 2.72. The van der Waals surface area contributed by atoms with Crippen LogP contribution in [0.15, 0.2) is 23.9 Å². The van der Waals surface area contributed by atoms with Gasteiger partial charge in [-0.3, -0.25) is 9.59 Å². The van der Waals surface area contributed by atoms with Crippen LogP contribution in [0.3, 0.4) is 0 Å². The largest absolute Gasteiger partial charge is 0.376 e. The van der Waals surface area contributed by atoms with Crippen molar-refractivity contribution in [1.29, 1.82) is 0 Å². The highest BCUT2D eigenvalue weighted by atomic mass is 16.5. The maximum absolute atomic E-state index is 11.9. The summed E-state index contributed by atoms with van der Waals surface area (Å²) in [6.45, 7) is 1.30. The van der Waals surface area contributed by atoms with Crippen molar-refractivity contribution in [2.24, 2.45) is 5.92 Å². The number of rotatable bonds is 2. The smallest absolute Gasteiger partial charge is 0.294 e. The molecule has 1 unspecified atom stereocenters. The van der Waals surface area contributed by atoms with Gasteiger partial charge >= 0.3 is 0 Å². The molecule has 0 N–H and O–H groups in total. The first-order valence-corrected chi connectivity index (χ1v) is 6.11. The molecule has 0 saturated carbocycles. The molecular weight excluding hydrogens is 218 g/mol. The van der Waals surface area contributed by atoms with Crippen LogP contribution in [0.2, 0.25) is 0 Å². The van der Waals surface area contributed by atoms with E-state index in [0.29, 0.717) is 13.0 Å². The van der Waals surface area contributed by atoms with Gasteiger partial charge in [0, 0.05) is 12.3 Å². The third-order valence-corrected chi connectivity index (χ3v) is 3.63. The van der Waals surface area contributed by atoms with Crippen molar-refractivity contribution >= 4 is 11.7 Å². The van der Waals surface area contributed by atoms with E-state index in [2.05, 4.69) is 0 Å². The summed E-state index contributed by atoms with van der Waals surface area (Å²) in [6, 6.07) is 0. The second kappa shape index (κ2) is 4.11. The van der Waals surface area contributed by atoms with Crippen LogP contribution in [0.25, 0.3) is 0 Å². The Morgan fingerprint density at radius 3 is 3.06 bits per heavy atom. The van der Waals surface area contributed by atoms with Crippen LogP contribution in [0.1, 0.15) is 19.3 Å². The molecule has 1 aliphatic carbocycles. The molecule has 2 heterocycles. The molecule has 0 bridgehead atoms. The summed E-state index contributed by atoms with van der Waals surface area (Å²) in [5.41, 5.74) is 0.859. The molecular formula is C13H15NO3. The van der Waals surface area contributed by atoms with E-state index < -0.39 is 0 Å².